The van der Waals surface area contributed by atoms with Crippen LogP contribution in [0.3, 0.4) is 0 Å². The fourth-order valence-corrected chi connectivity index (χ4v) is 5.74. The summed E-state index contributed by atoms with van der Waals surface area (Å²) in [7, 11) is -0.789. The van der Waals surface area contributed by atoms with Gasteiger partial charge in [0.1, 0.15) is 23.2 Å². The highest BCUT2D eigenvalue weighted by atomic mass is 35.5. The van der Waals surface area contributed by atoms with Gasteiger partial charge in [0.25, 0.3) is 0 Å². The lowest BCUT2D eigenvalue weighted by Crippen LogP contribution is -2.45. The molecule has 2 aromatic heterocycles. The standard InChI is InChI=1S/C23H25ClFN7O2S/c24-17-11-16(5-6-18(17)25)29-21-20-19(27-13-28-21)12-26-23(31-20)30-15-3-1-14(2-4-15)22(33)32-7-9-35(34)10-8-32/h5-6,11-15H,1-4,7-10H2,(H,26,30,31)(H,27,28,29). The van der Waals surface area contributed by atoms with Gasteiger partial charge in [0, 0.05) is 53.0 Å². The molecule has 0 spiro atoms. The van der Waals surface area contributed by atoms with Crippen LogP contribution in [0.4, 0.5) is 21.8 Å². The molecule has 3 aromatic rings. The molecule has 1 aliphatic carbocycles. The number of nitrogens with zero attached hydrogens (tertiary/aromatic N) is 5. The summed E-state index contributed by atoms with van der Waals surface area (Å²) in [5.74, 6) is 1.79. The van der Waals surface area contributed by atoms with Crippen molar-refractivity contribution in [3.63, 3.8) is 0 Å². The van der Waals surface area contributed by atoms with Crippen molar-refractivity contribution in [2.45, 2.75) is 31.7 Å². The van der Waals surface area contributed by atoms with Crippen LogP contribution in [-0.4, -0.2) is 65.6 Å². The molecule has 1 aliphatic heterocycles. The molecule has 1 saturated carbocycles. The van der Waals surface area contributed by atoms with Gasteiger partial charge in [-0.2, -0.15) is 0 Å². The second-order valence-electron chi connectivity index (χ2n) is 8.77. The van der Waals surface area contributed by atoms with Crippen LogP contribution in [-0.2, 0) is 15.6 Å². The van der Waals surface area contributed by atoms with Crippen molar-refractivity contribution in [2.75, 3.05) is 35.2 Å². The van der Waals surface area contributed by atoms with Gasteiger partial charge in [0.2, 0.25) is 11.9 Å². The fourth-order valence-electron chi connectivity index (χ4n) is 4.51. The minimum absolute atomic E-state index is 0.00897. The quantitative estimate of drug-likeness (QED) is 0.528. The second-order valence-corrected chi connectivity index (χ2v) is 10.9. The number of halogens is 2. The number of amides is 1. The fraction of sp³-hybridized carbons (Fsp3) is 0.435. The summed E-state index contributed by atoms with van der Waals surface area (Å²) in [5, 5.41) is 6.51. The summed E-state index contributed by atoms with van der Waals surface area (Å²) in [6.07, 6.45) is 6.30. The number of nitrogens with one attached hydrogen (secondary N) is 2. The van der Waals surface area contributed by atoms with E-state index in [4.69, 9.17) is 11.6 Å². The lowest BCUT2D eigenvalue weighted by atomic mass is 9.85. The Morgan fingerprint density at radius 2 is 1.89 bits per heavy atom. The van der Waals surface area contributed by atoms with Crippen molar-refractivity contribution in [1.82, 2.24) is 24.8 Å². The van der Waals surface area contributed by atoms with Gasteiger partial charge in [-0.25, -0.2) is 24.3 Å². The van der Waals surface area contributed by atoms with Gasteiger partial charge in [-0.3, -0.25) is 9.00 Å². The number of hydrogen-bond acceptors (Lipinski definition) is 8. The van der Waals surface area contributed by atoms with Gasteiger partial charge in [0.15, 0.2) is 5.82 Å². The normalized spacial score (nSPS) is 21.1. The van der Waals surface area contributed by atoms with Gasteiger partial charge in [-0.15, -0.1) is 0 Å². The van der Waals surface area contributed by atoms with E-state index in [9.17, 15) is 13.4 Å². The number of fused-ring (bicyclic) bond motifs is 1. The third-order valence-corrected chi connectivity index (χ3v) is 8.02. The van der Waals surface area contributed by atoms with Crippen molar-refractivity contribution >= 4 is 56.8 Å². The maximum Gasteiger partial charge on any atom is 0.225 e. The Hall–Kier alpha value is -2.92. The molecule has 2 fully saturated rings. The molecule has 1 amide bonds. The summed E-state index contributed by atoms with van der Waals surface area (Å²) in [5.41, 5.74) is 1.67. The van der Waals surface area contributed by atoms with E-state index in [1.165, 1.54) is 18.5 Å². The molecule has 2 aliphatic rings. The highest BCUT2D eigenvalue weighted by molar-refractivity contribution is 7.85. The molecule has 9 nitrogen and oxygen atoms in total. The molecule has 3 heterocycles. The van der Waals surface area contributed by atoms with Gasteiger partial charge < -0.3 is 15.5 Å². The van der Waals surface area contributed by atoms with Crippen molar-refractivity contribution in [2.24, 2.45) is 5.92 Å². The topological polar surface area (TPSA) is 113 Å². The number of anilines is 3. The van der Waals surface area contributed by atoms with Crippen LogP contribution in [0.25, 0.3) is 11.0 Å². The Morgan fingerprint density at radius 1 is 1.11 bits per heavy atom. The second kappa shape index (κ2) is 10.4. The van der Waals surface area contributed by atoms with Crippen LogP contribution in [0, 0.1) is 11.7 Å². The van der Waals surface area contributed by atoms with Crippen LogP contribution < -0.4 is 10.6 Å². The average molecular weight is 518 g/mol. The zero-order valence-electron chi connectivity index (χ0n) is 18.9. The first-order valence-electron chi connectivity index (χ1n) is 11.6. The first-order chi connectivity index (χ1) is 17.0. The monoisotopic (exact) mass is 517 g/mol. The molecule has 0 atom stereocenters. The molecular weight excluding hydrogens is 493 g/mol. The maximum atomic E-state index is 13.5. The molecule has 5 rings (SSSR count). The Labute approximate surface area is 209 Å². The lowest BCUT2D eigenvalue weighted by molar-refractivity contribution is -0.136. The van der Waals surface area contributed by atoms with E-state index in [0.717, 1.165) is 25.7 Å². The van der Waals surface area contributed by atoms with Crippen molar-refractivity contribution in [3.8, 4) is 0 Å². The molecule has 0 bridgehead atoms. The summed E-state index contributed by atoms with van der Waals surface area (Å²) < 4.78 is 25.1. The summed E-state index contributed by atoms with van der Waals surface area (Å²) in [4.78, 5) is 32.2. The molecular formula is C23H25ClFN7O2S. The van der Waals surface area contributed by atoms with Crippen LogP contribution in [0.15, 0.2) is 30.7 Å². The lowest BCUT2D eigenvalue weighted by Gasteiger charge is -2.34. The van der Waals surface area contributed by atoms with Gasteiger partial charge >= 0.3 is 0 Å². The molecule has 184 valence electrons. The first kappa shape index (κ1) is 23.8. The SMILES string of the molecule is O=C(C1CCC(Nc2ncc3ncnc(Nc4ccc(F)c(Cl)c4)c3n2)CC1)N1CCS(=O)CC1. The number of benzene rings is 1. The van der Waals surface area contributed by atoms with E-state index < -0.39 is 16.6 Å². The van der Waals surface area contributed by atoms with Crippen LogP contribution in [0.5, 0.6) is 0 Å². The summed E-state index contributed by atoms with van der Waals surface area (Å²) >= 11 is 5.89. The van der Waals surface area contributed by atoms with Gasteiger partial charge in [-0.05, 0) is 43.9 Å². The Morgan fingerprint density at radius 3 is 2.63 bits per heavy atom. The maximum absolute atomic E-state index is 13.5. The smallest absolute Gasteiger partial charge is 0.225 e. The highest BCUT2D eigenvalue weighted by Crippen LogP contribution is 2.29. The number of rotatable bonds is 5. The van der Waals surface area contributed by atoms with Crippen LogP contribution in [0.2, 0.25) is 5.02 Å². The number of hydrogen-bond donors (Lipinski definition) is 2. The predicted octanol–water partition coefficient (Wildman–Crippen LogP) is 3.52. The van der Waals surface area contributed by atoms with Crippen LogP contribution >= 0.6 is 11.6 Å². The zero-order valence-corrected chi connectivity index (χ0v) is 20.5. The molecule has 35 heavy (non-hydrogen) atoms. The van der Waals surface area contributed by atoms with E-state index in [1.807, 2.05) is 4.90 Å². The van der Waals surface area contributed by atoms with E-state index >= 15 is 0 Å². The molecule has 12 heteroatoms. The summed E-state index contributed by atoms with van der Waals surface area (Å²) in [6, 6.07) is 4.48. The molecule has 1 saturated heterocycles. The largest absolute Gasteiger partial charge is 0.351 e. The molecule has 1 aromatic carbocycles. The van der Waals surface area contributed by atoms with Crippen molar-refractivity contribution < 1.29 is 13.4 Å². The van der Waals surface area contributed by atoms with Crippen molar-refractivity contribution in [3.05, 3.63) is 41.6 Å². The minimum Gasteiger partial charge on any atom is -0.351 e. The third-order valence-electron chi connectivity index (χ3n) is 6.46. The van der Waals surface area contributed by atoms with E-state index in [2.05, 4.69) is 30.6 Å². The van der Waals surface area contributed by atoms with E-state index in [-0.39, 0.29) is 22.9 Å². The predicted molar refractivity (Wildman–Crippen MR) is 134 cm³/mol. The van der Waals surface area contributed by atoms with Crippen molar-refractivity contribution in [1.29, 1.82) is 0 Å². The van der Waals surface area contributed by atoms with Crippen LogP contribution in [0.1, 0.15) is 25.7 Å². The Balaban J connectivity index is 1.24. The molecule has 0 unspecified atom stereocenters. The minimum atomic E-state index is -0.789. The average Bonchev–Trinajstić information content (AvgIpc) is 2.87. The Kier molecular flexibility index (Phi) is 7.05. The van der Waals surface area contributed by atoms with Gasteiger partial charge in [-0.1, -0.05) is 11.6 Å². The molecule has 2 N–H and O–H groups in total. The number of carbonyl (C=O) groups excluding carboxylic acids is 1. The van der Waals surface area contributed by atoms with E-state index in [1.54, 1.807) is 12.3 Å². The number of carbonyl (C=O) groups is 1. The Bertz CT molecular complexity index is 1260. The molecule has 0 radical (unpaired) electrons. The third kappa shape index (κ3) is 5.51. The summed E-state index contributed by atoms with van der Waals surface area (Å²) in [6.45, 7) is 1.19. The van der Waals surface area contributed by atoms with Gasteiger partial charge in [0.05, 0.1) is 11.2 Å². The highest BCUT2D eigenvalue weighted by Gasteiger charge is 2.31. The zero-order chi connectivity index (χ0) is 24.4. The first-order valence-corrected chi connectivity index (χ1v) is 13.4. The van der Waals surface area contributed by atoms with E-state index in [0.29, 0.717) is 53.1 Å². The number of aromatic nitrogens is 4.